The summed E-state index contributed by atoms with van der Waals surface area (Å²) in [4.78, 5) is 3.15. The quantitative estimate of drug-likeness (QED) is 0.515. The number of hydrogen-bond acceptors (Lipinski definition) is 3. The van der Waals surface area contributed by atoms with Crippen molar-refractivity contribution >= 4 is 11.6 Å². The number of pyridine rings is 1. The Morgan fingerprint density at radius 3 is 2.50 bits per heavy atom. The van der Waals surface area contributed by atoms with Crippen LogP contribution in [0.15, 0.2) is 6.07 Å². The first kappa shape index (κ1) is 13.0. The maximum atomic E-state index is 13.1. The van der Waals surface area contributed by atoms with E-state index >= 15 is 0 Å². The zero-order valence-electron chi connectivity index (χ0n) is 7.68. The van der Waals surface area contributed by atoms with Crippen molar-refractivity contribution in [2.75, 3.05) is 0 Å². The molecule has 16 heavy (non-hydrogen) atoms. The molecular weight excluding hydrogens is 254 g/mol. The third-order valence-corrected chi connectivity index (χ3v) is 1.86. The zero-order valence-corrected chi connectivity index (χ0v) is 8.44. The third-order valence-electron chi connectivity index (χ3n) is 1.59. The van der Waals surface area contributed by atoms with Crippen LogP contribution in [0.5, 0.6) is 5.75 Å². The molecule has 0 bridgehead atoms. The number of ether oxygens (including phenoxy) is 1. The van der Waals surface area contributed by atoms with Crippen LogP contribution in [-0.2, 0) is 12.5 Å². The molecule has 90 valence electrons. The molecule has 3 nitrogen and oxygen atoms in total. The molecule has 0 aromatic carbocycles. The van der Waals surface area contributed by atoms with Gasteiger partial charge < -0.3 is 9.84 Å². The van der Waals surface area contributed by atoms with Crippen molar-refractivity contribution in [2.24, 2.45) is 0 Å². The van der Waals surface area contributed by atoms with Crippen LogP contribution >= 0.6 is 11.6 Å². The lowest BCUT2D eigenvalue weighted by Crippen LogP contribution is -2.20. The lowest BCUT2D eigenvalue weighted by atomic mass is 10.2. The predicted molar refractivity (Wildman–Crippen MR) is 46.4 cm³/mol. The van der Waals surface area contributed by atoms with Gasteiger partial charge in [0.1, 0.15) is 0 Å². The summed E-state index contributed by atoms with van der Waals surface area (Å²) in [6.45, 7) is -0.811. The fraction of sp³-hybridized carbons (Fsp3) is 0.375. The molecule has 1 heterocycles. The number of halogens is 5. The lowest BCUT2D eigenvalue weighted by molar-refractivity contribution is -0.276. The summed E-state index contributed by atoms with van der Waals surface area (Å²) in [6.07, 6.45) is -5.05. The SMILES string of the molecule is OCc1cc(CCl)nc(F)c1OC(F)(F)F. The summed E-state index contributed by atoms with van der Waals surface area (Å²) >= 11 is 5.34. The molecule has 1 rings (SSSR count). The van der Waals surface area contributed by atoms with Gasteiger partial charge in [-0.15, -0.1) is 24.8 Å². The second-order valence-electron chi connectivity index (χ2n) is 2.73. The van der Waals surface area contributed by atoms with Crippen LogP contribution in [0.2, 0.25) is 0 Å². The summed E-state index contributed by atoms with van der Waals surface area (Å²) in [5.41, 5.74) is -0.349. The topological polar surface area (TPSA) is 42.4 Å². The van der Waals surface area contributed by atoms with Gasteiger partial charge in [0, 0.05) is 5.56 Å². The van der Waals surface area contributed by atoms with Crippen molar-refractivity contribution in [3.05, 3.63) is 23.3 Å². The first-order chi connectivity index (χ1) is 7.37. The maximum absolute atomic E-state index is 13.1. The zero-order chi connectivity index (χ0) is 12.3. The number of nitrogens with zero attached hydrogens (tertiary/aromatic N) is 1. The smallest absolute Gasteiger partial charge is 0.400 e. The van der Waals surface area contributed by atoms with E-state index in [1.807, 2.05) is 0 Å². The van der Waals surface area contributed by atoms with E-state index < -0.39 is 24.7 Å². The molecule has 0 aliphatic rings. The first-order valence-corrected chi connectivity index (χ1v) is 4.51. The molecule has 0 spiro atoms. The monoisotopic (exact) mass is 259 g/mol. The van der Waals surface area contributed by atoms with Crippen LogP contribution < -0.4 is 4.74 Å². The van der Waals surface area contributed by atoms with Crippen molar-refractivity contribution in [1.29, 1.82) is 0 Å². The van der Waals surface area contributed by atoms with Crippen LogP contribution in [0.4, 0.5) is 17.6 Å². The highest BCUT2D eigenvalue weighted by molar-refractivity contribution is 6.16. The Labute approximate surface area is 92.6 Å². The minimum absolute atomic E-state index is 0.0118. The van der Waals surface area contributed by atoms with Gasteiger partial charge in [-0.3, -0.25) is 0 Å². The predicted octanol–water partition coefficient (Wildman–Crippen LogP) is 2.35. The van der Waals surface area contributed by atoms with E-state index in [1.165, 1.54) is 0 Å². The van der Waals surface area contributed by atoms with E-state index in [4.69, 9.17) is 16.7 Å². The van der Waals surface area contributed by atoms with E-state index in [0.717, 1.165) is 6.07 Å². The number of aliphatic hydroxyl groups is 1. The Morgan fingerprint density at radius 2 is 2.06 bits per heavy atom. The van der Waals surface area contributed by atoms with Gasteiger partial charge in [0.15, 0.2) is 5.75 Å². The molecule has 0 radical (unpaired) electrons. The van der Waals surface area contributed by atoms with E-state index in [2.05, 4.69) is 9.72 Å². The fourth-order valence-electron chi connectivity index (χ4n) is 1.02. The van der Waals surface area contributed by atoms with Gasteiger partial charge in [-0.25, -0.2) is 4.98 Å². The second kappa shape index (κ2) is 4.84. The second-order valence-corrected chi connectivity index (χ2v) is 3.00. The molecule has 0 saturated heterocycles. The molecule has 0 aliphatic heterocycles. The van der Waals surface area contributed by atoms with E-state index in [9.17, 15) is 17.6 Å². The highest BCUT2D eigenvalue weighted by atomic mass is 35.5. The van der Waals surface area contributed by atoms with Gasteiger partial charge in [0.2, 0.25) is 0 Å². The average molecular weight is 260 g/mol. The van der Waals surface area contributed by atoms with Crippen molar-refractivity contribution < 1.29 is 27.4 Å². The van der Waals surface area contributed by atoms with Gasteiger partial charge in [-0.05, 0) is 6.07 Å². The number of rotatable bonds is 3. The molecule has 0 fully saturated rings. The molecule has 8 heteroatoms. The third kappa shape index (κ3) is 3.21. The van der Waals surface area contributed by atoms with Crippen LogP contribution in [0.3, 0.4) is 0 Å². The van der Waals surface area contributed by atoms with E-state index in [-0.39, 0.29) is 17.1 Å². The molecule has 0 amide bonds. The van der Waals surface area contributed by atoms with Gasteiger partial charge in [-0.2, -0.15) is 4.39 Å². The highest BCUT2D eigenvalue weighted by Gasteiger charge is 2.34. The Morgan fingerprint density at radius 1 is 1.44 bits per heavy atom. The average Bonchev–Trinajstić information content (AvgIpc) is 2.19. The number of aromatic nitrogens is 1. The molecule has 1 N–H and O–H groups in total. The minimum Gasteiger partial charge on any atom is -0.400 e. The summed E-state index contributed by atoms with van der Waals surface area (Å²) in [7, 11) is 0. The summed E-state index contributed by atoms with van der Waals surface area (Å²) in [5, 5.41) is 8.77. The standard InChI is InChI=1S/C8H6ClF4NO2/c9-2-5-1-4(3-15)6(7(10)14-5)16-8(11,12)13/h1,15H,2-3H2. The van der Waals surface area contributed by atoms with E-state index in [0.29, 0.717) is 0 Å². The van der Waals surface area contributed by atoms with Crippen LogP contribution in [0, 0.1) is 5.95 Å². The summed E-state index contributed by atoms with van der Waals surface area (Å²) in [6, 6.07) is 1.04. The normalized spacial score (nSPS) is 11.6. The van der Waals surface area contributed by atoms with Crippen LogP contribution in [-0.4, -0.2) is 16.5 Å². The molecular formula is C8H6ClF4NO2. The molecule has 1 aromatic heterocycles. The maximum Gasteiger partial charge on any atom is 0.573 e. The van der Waals surface area contributed by atoms with Crippen molar-refractivity contribution in [3.63, 3.8) is 0 Å². The largest absolute Gasteiger partial charge is 0.573 e. The first-order valence-electron chi connectivity index (χ1n) is 3.98. The highest BCUT2D eigenvalue weighted by Crippen LogP contribution is 2.29. The van der Waals surface area contributed by atoms with Crippen molar-refractivity contribution in [2.45, 2.75) is 18.8 Å². The molecule has 0 unspecified atom stereocenters. The van der Waals surface area contributed by atoms with Gasteiger partial charge in [-0.1, -0.05) is 0 Å². The minimum atomic E-state index is -5.05. The Hall–Kier alpha value is -1.08. The van der Waals surface area contributed by atoms with Crippen molar-refractivity contribution in [1.82, 2.24) is 4.98 Å². The van der Waals surface area contributed by atoms with Gasteiger partial charge in [0.05, 0.1) is 18.2 Å². The Balaban J connectivity index is 3.16. The number of hydrogen-bond donors (Lipinski definition) is 1. The molecule has 0 saturated carbocycles. The van der Waals surface area contributed by atoms with Crippen LogP contribution in [0.25, 0.3) is 0 Å². The molecule has 0 atom stereocenters. The Kier molecular flexibility index (Phi) is 3.93. The summed E-state index contributed by atoms with van der Waals surface area (Å²) < 4.78 is 52.2. The molecule has 0 aliphatic carbocycles. The van der Waals surface area contributed by atoms with Crippen molar-refractivity contribution in [3.8, 4) is 5.75 Å². The number of alkyl halides is 4. The fourth-order valence-corrected chi connectivity index (χ4v) is 1.15. The van der Waals surface area contributed by atoms with Gasteiger partial charge >= 0.3 is 6.36 Å². The van der Waals surface area contributed by atoms with E-state index in [1.54, 1.807) is 0 Å². The van der Waals surface area contributed by atoms with Crippen LogP contribution in [0.1, 0.15) is 11.3 Å². The van der Waals surface area contributed by atoms with Gasteiger partial charge in [0.25, 0.3) is 5.95 Å². The Bertz CT molecular complexity index is 383. The number of aliphatic hydroxyl groups excluding tert-OH is 1. The lowest BCUT2D eigenvalue weighted by Gasteiger charge is -2.13. The molecule has 1 aromatic rings. The summed E-state index contributed by atoms with van der Waals surface area (Å²) in [5.74, 6) is -2.78.